The number of aliphatic hydroxyl groups excluding tert-OH is 3. The second-order valence-electron chi connectivity index (χ2n) is 22.7. The summed E-state index contributed by atoms with van der Waals surface area (Å²) in [6, 6.07) is 50.7. The number of ether oxygens (including phenoxy) is 2. The fourth-order valence-corrected chi connectivity index (χ4v) is 9.73. The fourth-order valence-electron chi connectivity index (χ4n) is 9.73. The third-order valence-electron chi connectivity index (χ3n) is 14.3. The van der Waals surface area contributed by atoms with Crippen LogP contribution >= 0.6 is 0 Å². The first-order valence-corrected chi connectivity index (χ1v) is 32.9. The quantitative estimate of drug-likeness (QED) is 0.0231. The first-order valence-electron chi connectivity index (χ1n) is 28.9. The predicted octanol–water partition coefficient (Wildman–Crippen LogP) is 12.2. The van der Waals surface area contributed by atoms with Crippen LogP contribution in [0.15, 0.2) is 152 Å². The standard InChI is InChI=1S/C23H38N2O3.C21H28N2O2.C17H19NO.C4H12Si.CH4/c1-2-3-4-5-6-7-11-14-22(26)24-21(19-25-15-17-28-18-16-25)23(27)20-12-9-8-10-13-20;1-17(18-8-4-2-5-9-18)22-20(16-23-12-14-25-15-13-23)21(24)19-10-6-3-7-11-19;1-13(14-8-4-2-5-9-14)18-12-16(18)17(19)15-10-6-3-7-11-15;1-5(2,3)4;/h8-10,12-13,21,23,27H,2-7,11,14-19H2,1H3,(H,24,26);2-11,17,20-22,24H,12-16H2,1H3;2-11,13,16-17,19H,12H2,1H3;1-4H3;1H4/t21-,23-;17-,20+,21+;13-,16+,17+,18?;;/m100../s1. The number of nitrogens with zero attached hydrogens (tertiary/aromatic N) is 3. The maximum absolute atomic E-state index is 12.5. The molecule has 5 N–H and O–H groups in total. The van der Waals surface area contributed by atoms with Gasteiger partial charge in [-0.05, 0) is 48.1 Å². The van der Waals surface area contributed by atoms with E-state index in [1.54, 1.807) is 0 Å². The van der Waals surface area contributed by atoms with Gasteiger partial charge >= 0.3 is 0 Å². The minimum absolute atomic E-state index is 0. The molecule has 3 aliphatic heterocycles. The Morgan fingerprint density at radius 2 is 0.923 bits per heavy atom. The van der Waals surface area contributed by atoms with Crippen LogP contribution in [0.4, 0.5) is 0 Å². The number of benzene rings is 5. The van der Waals surface area contributed by atoms with Gasteiger partial charge in [-0.1, -0.05) is 231 Å². The highest BCUT2D eigenvalue weighted by Crippen LogP contribution is 2.38. The largest absolute Gasteiger partial charge is 0.387 e. The molecule has 5 aromatic rings. The van der Waals surface area contributed by atoms with Crippen molar-refractivity contribution in [2.24, 2.45) is 0 Å². The zero-order valence-electron chi connectivity index (χ0n) is 47.9. The van der Waals surface area contributed by atoms with Crippen molar-refractivity contribution < 1.29 is 29.6 Å². The van der Waals surface area contributed by atoms with Gasteiger partial charge in [-0.25, -0.2) is 0 Å². The van der Waals surface area contributed by atoms with Crippen molar-refractivity contribution in [3.05, 3.63) is 179 Å². The summed E-state index contributed by atoms with van der Waals surface area (Å²) in [4.78, 5) is 19.5. The van der Waals surface area contributed by atoms with E-state index in [4.69, 9.17) is 9.47 Å². The number of hydrogen-bond acceptors (Lipinski definition) is 10. The molecule has 0 spiro atoms. The summed E-state index contributed by atoms with van der Waals surface area (Å²) in [6.07, 6.45) is 7.26. The van der Waals surface area contributed by atoms with Gasteiger partial charge in [0.2, 0.25) is 5.91 Å². The van der Waals surface area contributed by atoms with Crippen LogP contribution in [0, 0.1) is 0 Å². The molecular weight excluding hydrogens is 987 g/mol. The SMILES string of the molecule is C.CCCCCCCCCC(=O)N[C@H](CN1CCOCC1)[C@H](O)c1ccccc1.C[C@@H](c1ccccc1)N1C[C@@H]1[C@H](O)c1ccccc1.C[C@H](N[C@H](CN1CCOCC1)[C@H](O)c1ccccc1)c1ccccc1.C[Si](C)(C)C. The molecule has 3 heterocycles. The molecule has 0 bridgehead atoms. The minimum atomic E-state index is -0.706. The Morgan fingerprint density at radius 1 is 0.551 bits per heavy atom. The Bertz CT molecular complexity index is 2210. The van der Waals surface area contributed by atoms with Crippen LogP contribution in [0.5, 0.6) is 0 Å². The molecule has 5 aromatic carbocycles. The number of hydrogen-bond donors (Lipinski definition) is 5. The van der Waals surface area contributed by atoms with Gasteiger partial charge in [-0.2, -0.15) is 0 Å². The number of rotatable bonds is 24. The highest BCUT2D eigenvalue weighted by molar-refractivity contribution is 6.74. The van der Waals surface area contributed by atoms with E-state index in [0.29, 0.717) is 32.2 Å². The fraction of sp³-hybridized carbons (Fsp3) is 0.530. The lowest BCUT2D eigenvalue weighted by molar-refractivity contribution is -0.123. The number of aliphatic hydroxyl groups is 3. The van der Waals surface area contributed by atoms with Crippen LogP contribution in [-0.2, 0) is 14.3 Å². The summed E-state index contributed by atoms with van der Waals surface area (Å²) in [5.74, 6) is 0.0433. The molecule has 0 radical (unpaired) electrons. The molecule has 12 heteroatoms. The van der Waals surface area contributed by atoms with E-state index in [9.17, 15) is 20.1 Å². The zero-order chi connectivity index (χ0) is 55.3. The molecule has 8 rings (SSSR count). The maximum Gasteiger partial charge on any atom is 0.220 e. The first-order chi connectivity index (χ1) is 37.2. The number of nitrogens with one attached hydrogen (secondary N) is 2. The topological polar surface area (TPSA) is 130 Å². The molecule has 1 amide bonds. The van der Waals surface area contributed by atoms with Crippen molar-refractivity contribution in [2.45, 2.75) is 154 Å². The molecule has 9 atom stereocenters. The van der Waals surface area contributed by atoms with E-state index in [0.717, 1.165) is 82.0 Å². The maximum atomic E-state index is 12.5. The molecule has 3 saturated heterocycles. The first kappa shape index (κ1) is 65.9. The van der Waals surface area contributed by atoms with Crippen LogP contribution in [0.1, 0.15) is 138 Å². The smallest absolute Gasteiger partial charge is 0.220 e. The van der Waals surface area contributed by atoms with Gasteiger partial charge in [0.1, 0.15) is 6.10 Å². The second-order valence-corrected chi connectivity index (χ2v) is 28.7. The molecule has 430 valence electrons. The average Bonchev–Trinajstić information content (AvgIpc) is 4.30. The summed E-state index contributed by atoms with van der Waals surface area (Å²) in [7, 11) is -0.611. The van der Waals surface area contributed by atoms with E-state index >= 15 is 0 Å². The molecular formula is C66H101N5O6Si. The normalized spacial score (nSPS) is 19.2. The molecule has 0 aliphatic carbocycles. The number of amides is 1. The third-order valence-corrected chi connectivity index (χ3v) is 14.3. The van der Waals surface area contributed by atoms with Gasteiger partial charge in [0.05, 0.1) is 56.8 Å². The summed E-state index contributed by atoms with van der Waals surface area (Å²) in [5.41, 5.74) is 5.35. The monoisotopic (exact) mass is 1090 g/mol. The van der Waals surface area contributed by atoms with Crippen molar-refractivity contribution >= 4 is 14.0 Å². The summed E-state index contributed by atoms with van der Waals surface area (Å²) in [5, 5.41) is 39.0. The zero-order valence-corrected chi connectivity index (χ0v) is 48.9. The lowest BCUT2D eigenvalue weighted by Gasteiger charge is -2.34. The second kappa shape index (κ2) is 36.6. The Balaban J connectivity index is 0.000000243. The molecule has 3 aliphatic rings. The van der Waals surface area contributed by atoms with Gasteiger partial charge in [0.25, 0.3) is 0 Å². The summed E-state index contributed by atoms with van der Waals surface area (Å²) < 4.78 is 10.9. The Morgan fingerprint density at radius 3 is 1.37 bits per heavy atom. The van der Waals surface area contributed by atoms with E-state index in [1.165, 1.54) is 43.2 Å². The Kier molecular flexibility index (Phi) is 31.0. The van der Waals surface area contributed by atoms with Crippen LogP contribution in [0.3, 0.4) is 0 Å². The van der Waals surface area contributed by atoms with Crippen molar-refractivity contribution in [2.75, 3.05) is 72.2 Å². The predicted molar refractivity (Wildman–Crippen MR) is 326 cm³/mol. The van der Waals surface area contributed by atoms with Gasteiger partial charge in [-0.3, -0.25) is 19.5 Å². The van der Waals surface area contributed by atoms with E-state index in [2.05, 4.69) is 121 Å². The molecule has 3 fully saturated rings. The Hall–Kier alpha value is -4.57. The molecule has 0 saturated carbocycles. The van der Waals surface area contributed by atoms with Crippen molar-refractivity contribution in [3.63, 3.8) is 0 Å². The number of carbonyl (C=O) groups excluding carboxylic acids is 1. The van der Waals surface area contributed by atoms with Gasteiger partial charge < -0.3 is 35.4 Å². The lowest BCUT2D eigenvalue weighted by atomic mass is 9.99. The van der Waals surface area contributed by atoms with E-state index in [1.807, 2.05) is 103 Å². The van der Waals surface area contributed by atoms with Gasteiger partial charge in [-0.15, -0.1) is 0 Å². The Labute approximate surface area is 472 Å². The highest BCUT2D eigenvalue weighted by Gasteiger charge is 2.43. The van der Waals surface area contributed by atoms with Crippen molar-refractivity contribution in [1.29, 1.82) is 0 Å². The van der Waals surface area contributed by atoms with Crippen LogP contribution in [0.2, 0.25) is 26.2 Å². The molecule has 11 nitrogen and oxygen atoms in total. The van der Waals surface area contributed by atoms with Crippen LogP contribution in [0.25, 0.3) is 0 Å². The van der Waals surface area contributed by atoms with E-state index < -0.39 is 20.3 Å². The number of carbonyl (C=O) groups is 1. The number of morpholine rings is 2. The lowest BCUT2D eigenvalue weighted by Crippen LogP contribution is -2.49. The molecule has 1 unspecified atom stereocenters. The van der Waals surface area contributed by atoms with Gasteiger partial charge in [0.15, 0.2) is 0 Å². The summed E-state index contributed by atoms with van der Waals surface area (Å²) >= 11 is 0. The van der Waals surface area contributed by atoms with Gasteiger partial charge in [0, 0.05) is 72.4 Å². The third kappa shape index (κ3) is 25.3. The van der Waals surface area contributed by atoms with Crippen LogP contribution < -0.4 is 10.6 Å². The number of unbranched alkanes of at least 4 members (excludes halogenated alkanes) is 6. The molecule has 0 aromatic heterocycles. The minimum Gasteiger partial charge on any atom is -0.387 e. The van der Waals surface area contributed by atoms with Crippen molar-refractivity contribution in [3.8, 4) is 0 Å². The van der Waals surface area contributed by atoms with E-state index in [-0.39, 0.29) is 43.6 Å². The van der Waals surface area contributed by atoms with Crippen LogP contribution in [-0.4, -0.2) is 134 Å². The molecule has 78 heavy (non-hydrogen) atoms. The summed E-state index contributed by atoms with van der Waals surface area (Å²) in [6.45, 7) is 24.7. The highest BCUT2D eigenvalue weighted by atomic mass is 28.3. The average molecular weight is 1090 g/mol. The van der Waals surface area contributed by atoms with Crippen molar-refractivity contribution in [1.82, 2.24) is 25.3 Å².